The summed E-state index contributed by atoms with van der Waals surface area (Å²) in [5, 5.41) is 12.1. The van der Waals surface area contributed by atoms with Crippen molar-refractivity contribution in [3.05, 3.63) is 76.5 Å². The molecule has 0 aliphatic heterocycles. The second kappa shape index (κ2) is 10.4. The Morgan fingerprint density at radius 1 is 1.23 bits per heavy atom. The molecule has 6 nitrogen and oxygen atoms in total. The van der Waals surface area contributed by atoms with E-state index in [2.05, 4.69) is 38.0 Å². The maximum absolute atomic E-state index is 12.4. The number of carbonyl (C=O) groups is 1. The highest BCUT2D eigenvalue weighted by atomic mass is 79.9. The van der Waals surface area contributed by atoms with Gasteiger partial charge in [0.2, 0.25) is 5.91 Å². The number of hydrogen-bond donors (Lipinski definition) is 1. The number of carbonyl (C=O) groups excluding carboxylic acids is 1. The van der Waals surface area contributed by atoms with E-state index in [1.165, 1.54) is 11.8 Å². The van der Waals surface area contributed by atoms with E-state index in [0.717, 1.165) is 27.0 Å². The fraction of sp³-hybridized carbons (Fsp3) is 0.227. The van der Waals surface area contributed by atoms with Gasteiger partial charge in [0.1, 0.15) is 12.4 Å². The second-order valence-corrected chi connectivity index (χ2v) is 8.55. The van der Waals surface area contributed by atoms with Crippen molar-refractivity contribution in [2.45, 2.75) is 32.2 Å². The monoisotopic (exact) mass is 486 g/mol. The molecule has 0 aliphatic rings. The Hall–Kier alpha value is -2.58. The molecule has 0 atom stereocenters. The van der Waals surface area contributed by atoms with E-state index in [4.69, 9.17) is 4.74 Å². The molecule has 3 rings (SSSR count). The number of amides is 1. The molecule has 0 fully saturated rings. The Labute approximate surface area is 188 Å². The quantitative estimate of drug-likeness (QED) is 0.334. The van der Waals surface area contributed by atoms with E-state index in [0.29, 0.717) is 17.5 Å². The Balaban J connectivity index is 1.62. The van der Waals surface area contributed by atoms with Gasteiger partial charge >= 0.3 is 0 Å². The SMILES string of the molecule is C=CCn1c(COc2ccc(Br)cc2)nnc1SCC(=O)Nc1cc(C)ccc1C. The van der Waals surface area contributed by atoms with Gasteiger partial charge < -0.3 is 10.1 Å². The molecule has 1 amide bonds. The Kier molecular flexibility index (Phi) is 7.70. The summed E-state index contributed by atoms with van der Waals surface area (Å²) in [7, 11) is 0. The Bertz CT molecular complexity index is 1030. The minimum Gasteiger partial charge on any atom is -0.486 e. The summed E-state index contributed by atoms with van der Waals surface area (Å²) in [5.41, 5.74) is 2.96. The van der Waals surface area contributed by atoms with E-state index in [-0.39, 0.29) is 18.3 Å². The van der Waals surface area contributed by atoms with Gasteiger partial charge in [0.15, 0.2) is 11.0 Å². The fourth-order valence-corrected chi connectivity index (χ4v) is 3.74. The predicted molar refractivity (Wildman–Crippen MR) is 124 cm³/mol. The number of rotatable bonds is 9. The summed E-state index contributed by atoms with van der Waals surface area (Å²) in [6, 6.07) is 13.6. The number of aromatic nitrogens is 3. The molecule has 1 aromatic heterocycles. The molecule has 156 valence electrons. The van der Waals surface area contributed by atoms with Crippen molar-refractivity contribution >= 4 is 39.3 Å². The van der Waals surface area contributed by atoms with Crippen LogP contribution in [0.2, 0.25) is 0 Å². The summed E-state index contributed by atoms with van der Waals surface area (Å²) >= 11 is 4.74. The zero-order valence-corrected chi connectivity index (χ0v) is 19.3. The first-order chi connectivity index (χ1) is 14.5. The number of anilines is 1. The topological polar surface area (TPSA) is 69.0 Å². The van der Waals surface area contributed by atoms with Crippen LogP contribution in [0.3, 0.4) is 0 Å². The molecule has 0 saturated carbocycles. The first-order valence-electron chi connectivity index (χ1n) is 9.37. The summed E-state index contributed by atoms with van der Waals surface area (Å²) in [6.07, 6.45) is 1.77. The largest absolute Gasteiger partial charge is 0.486 e. The average Bonchev–Trinajstić information content (AvgIpc) is 3.11. The third-order valence-electron chi connectivity index (χ3n) is 4.29. The van der Waals surface area contributed by atoms with Crippen LogP contribution in [-0.2, 0) is 17.9 Å². The lowest BCUT2D eigenvalue weighted by molar-refractivity contribution is -0.113. The zero-order valence-electron chi connectivity index (χ0n) is 16.9. The number of thioether (sulfide) groups is 1. The van der Waals surface area contributed by atoms with Crippen molar-refractivity contribution in [3.63, 3.8) is 0 Å². The van der Waals surface area contributed by atoms with Gasteiger partial charge in [-0.15, -0.1) is 16.8 Å². The Morgan fingerprint density at radius 3 is 2.73 bits per heavy atom. The summed E-state index contributed by atoms with van der Waals surface area (Å²) in [5.74, 6) is 1.56. The van der Waals surface area contributed by atoms with Gasteiger partial charge in [0.05, 0.1) is 5.75 Å². The van der Waals surface area contributed by atoms with Gasteiger partial charge in [-0.1, -0.05) is 45.9 Å². The van der Waals surface area contributed by atoms with Crippen molar-refractivity contribution in [3.8, 4) is 5.75 Å². The average molecular weight is 487 g/mol. The molecule has 0 unspecified atom stereocenters. The minimum absolute atomic E-state index is 0.0884. The summed E-state index contributed by atoms with van der Waals surface area (Å²) in [4.78, 5) is 12.4. The fourth-order valence-electron chi connectivity index (χ4n) is 2.71. The van der Waals surface area contributed by atoms with Crippen LogP contribution in [0.25, 0.3) is 0 Å². The molecule has 0 saturated heterocycles. The van der Waals surface area contributed by atoms with Crippen molar-refractivity contribution < 1.29 is 9.53 Å². The normalized spacial score (nSPS) is 10.6. The predicted octanol–water partition coefficient (Wildman–Crippen LogP) is 5.15. The molecule has 0 bridgehead atoms. The maximum atomic E-state index is 12.4. The third-order valence-corrected chi connectivity index (χ3v) is 5.78. The highest BCUT2D eigenvalue weighted by molar-refractivity contribution is 9.10. The molecule has 8 heteroatoms. The number of hydrogen-bond acceptors (Lipinski definition) is 5. The van der Waals surface area contributed by atoms with Gasteiger partial charge in [-0.05, 0) is 55.3 Å². The second-order valence-electron chi connectivity index (χ2n) is 6.70. The molecular weight excluding hydrogens is 464 g/mol. The molecule has 1 heterocycles. The third kappa shape index (κ3) is 5.96. The number of benzene rings is 2. The summed E-state index contributed by atoms with van der Waals surface area (Å²) in [6.45, 7) is 8.59. The van der Waals surface area contributed by atoms with Crippen LogP contribution in [-0.4, -0.2) is 26.4 Å². The first kappa shape index (κ1) is 22.1. The van der Waals surface area contributed by atoms with Crippen LogP contribution in [0, 0.1) is 13.8 Å². The maximum Gasteiger partial charge on any atom is 0.234 e. The molecule has 0 radical (unpaired) electrons. The summed E-state index contributed by atoms with van der Waals surface area (Å²) < 4.78 is 8.70. The number of nitrogens with one attached hydrogen (secondary N) is 1. The molecule has 1 N–H and O–H groups in total. The number of halogens is 1. The highest BCUT2D eigenvalue weighted by Crippen LogP contribution is 2.21. The molecule has 0 aliphatic carbocycles. The lowest BCUT2D eigenvalue weighted by atomic mass is 10.1. The zero-order chi connectivity index (χ0) is 21.5. The number of nitrogens with zero attached hydrogens (tertiary/aromatic N) is 3. The standard InChI is InChI=1S/C22H23BrN4O2S/c1-4-11-27-20(13-29-18-9-7-17(23)8-10-18)25-26-22(27)30-14-21(28)24-19-12-15(2)5-6-16(19)3/h4-10,12H,1,11,13-14H2,2-3H3,(H,24,28). The highest BCUT2D eigenvalue weighted by Gasteiger charge is 2.14. The molecule has 3 aromatic rings. The van der Waals surface area contributed by atoms with Crippen LogP contribution in [0.15, 0.2) is 64.7 Å². The van der Waals surface area contributed by atoms with Crippen molar-refractivity contribution in [1.82, 2.24) is 14.8 Å². The van der Waals surface area contributed by atoms with E-state index in [9.17, 15) is 4.79 Å². The van der Waals surface area contributed by atoms with Gasteiger partial charge in [-0.2, -0.15) is 0 Å². The van der Waals surface area contributed by atoms with Crippen molar-refractivity contribution in [2.75, 3.05) is 11.1 Å². The van der Waals surface area contributed by atoms with E-state index in [1.54, 1.807) is 6.08 Å². The van der Waals surface area contributed by atoms with Crippen molar-refractivity contribution in [2.24, 2.45) is 0 Å². The van der Waals surface area contributed by atoms with Crippen LogP contribution >= 0.6 is 27.7 Å². The molecule has 2 aromatic carbocycles. The van der Waals surface area contributed by atoms with Crippen LogP contribution in [0.5, 0.6) is 5.75 Å². The van der Waals surface area contributed by atoms with Gasteiger partial charge in [-0.25, -0.2) is 0 Å². The smallest absolute Gasteiger partial charge is 0.234 e. The molecule has 0 spiro atoms. The molecule has 30 heavy (non-hydrogen) atoms. The van der Waals surface area contributed by atoms with Gasteiger partial charge in [0.25, 0.3) is 0 Å². The van der Waals surface area contributed by atoms with Crippen LogP contribution in [0.4, 0.5) is 5.69 Å². The van der Waals surface area contributed by atoms with E-state index >= 15 is 0 Å². The number of ether oxygens (including phenoxy) is 1. The van der Waals surface area contributed by atoms with E-state index in [1.807, 2.05) is 60.9 Å². The van der Waals surface area contributed by atoms with Crippen molar-refractivity contribution in [1.29, 1.82) is 0 Å². The first-order valence-corrected chi connectivity index (χ1v) is 11.2. The van der Waals surface area contributed by atoms with E-state index < -0.39 is 0 Å². The Morgan fingerprint density at radius 2 is 2.00 bits per heavy atom. The van der Waals surface area contributed by atoms with Crippen LogP contribution in [0.1, 0.15) is 17.0 Å². The van der Waals surface area contributed by atoms with Gasteiger partial charge in [-0.3, -0.25) is 9.36 Å². The van der Waals surface area contributed by atoms with Crippen LogP contribution < -0.4 is 10.1 Å². The lowest BCUT2D eigenvalue weighted by Gasteiger charge is -2.10. The molecular formula is C22H23BrN4O2S. The van der Waals surface area contributed by atoms with Gasteiger partial charge in [0, 0.05) is 16.7 Å². The number of aryl methyl sites for hydroxylation is 2. The lowest BCUT2D eigenvalue weighted by Crippen LogP contribution is -2.15. The minimum atomic E-state index is -0.0884. The number of allylic oxidation sites excluding steroid dienone is 1.